The van der Waals surface area contributed by atoms with Gasteiger partial charge in [-0.05, 0) is 30.7 Å². The summed E-state index contributed by atoms with van der Waals surface area (Å²) in [7, 11) is -3.48. The zero-order valence-electron chi connectivity index (χ0n) is 15.5. The molecule has 0 aromatic heterocycles. The molecular formula is C20H23FN4O2S. The van der Waals surface area contributed by atoms with Crippen LogP contribution in [0.15, 0.2) is 58.4 Å². The van der Waals surface area contributed by atoms with Crippen molar-refractivity contribution in [2.75, 3.05) is 44.2 Å². The number of piperazine rings is 1. The normalized spacial score (nSPS) is 20.2. The van der Waals surface area contributed by atoms with Crippen LogP contribution in [-0.4, -0.2) is 58.4 Å². The van der Waals surface area contributed by atoms with Gasteiger partial charge in [0.1, 0.15) is 11.7 Å². The number of rotatable bonds is 5. The van der Waals surface area contributed by atoms with E-state index in [1.54, 1.807) is 24.3 Å². The summed E-state index contributed by atoms with van der Waals surface area (Å²) in [6, 6.07) is 13.8. The maximum absolute atomic E-state index is 13.9. The first-order valence-corrected chi connectivity index (χ1v) is 10.9. The van der Waals surface area contributed by atoms with Gasteiger partial charge in [-0.25, -0.2) is 12.8 Å². The summed E-state index contributed by atoms with van der Waals surface area (Å²) in [6.45, 7) is 4.78. The predicted molar refractivity (Wildman–Crippen MR) is 108 cm³/mol. The molecule has 0 aliphatic carbocycles. The number of nitrogens with zero attached hydrogens (tertiary/aromatic N) is 3. The van der Waals surface area contributed by atoms with Crippen molar-refractivity contribution >= 4 is 21.5 Å². The summed E-state index contributed by atoms with van der Waals surface area (Å²) < 4.78 is 40.6. The van der Waals surface area contributed by atoms with Crippen LogP contribution in [0.25, 0.3) is 0 Å². The molecule has 2 aromatic rings. The monoisotopic (exact) mass is 402 g/mol. The van der Waals surface area contributed by atoms with Crippen molar-refractivity contribution in [3.63, 3.8) is 0 Å². The molecular weight excluding hydrogens is 379 g/mol. The van der Waals surface area contributed by atoms with Crippen LogP contribution in [0.4, 0.5) is 10.1 Å². The van der Waals surface area contributed by atoms with Gasteiger partial charge in [-0.1, -0.05) is 24.3 Å². The zero-order chi connectivity index (χ0) is 19.6. The molecule has 0 amide bonds. The Bertz CT molecular complexity index is 985. The van der Waals surface area contributed by atoms with Crippen LogP contribution in [0.2, 0.25) is 0 Å². The second-order valence-corrected chi connectivity index (χ2v) is 8.62. The van der Waals surface area contributed by atoms with Crippen molar-refractivity contribution in [2.24, 2.45) is 4.99 Å². The molecule has 2 aliphatic rings. The van der Waals surface area contributed by atoms with E-state index < -0.39 is 10.0 Å². The van der Waals surface area contributed by atoms with Gasteiger partial charge in [-0.15, -0.1) is 0 Å². The largest absolute Gasteiger partial charge is 0.367 e. The fourth-order valence-electron chi connectivity index (χ4n) is 3.66. The molecule has 0 bridgehead atoms. The predicted octanol–water partition coefficient (Wildman–Crippen LogP) is 2.08. The van der Waals surface area contributed by atoms with Crippen molar-refractivity contribution in [3.05, 3.63) is 59.9 Å². The molecule has 8 heteroatoms. The molecule has 1 fully saturated rings. The Labute approximate surface area is 164 Å². The molecule has 6 nitrogen and oxygen atoms in total. The number of nitrogens with one attached hydrogen (secondary N) is 1. The first kappa shape index (κ1) is 18.9. The van der Waals surface area contributed by atoms with Gasteiger partial charge in [-0.3, -0.25) is 14.6 Å². The molecule has 148 valence electrons. The number of hydrogen-bond acceptors (Lipinski definition) is 5. The maximum atomic E-state index is 13.9. The third kappa shape index (κ3) is 3.88. The number of anilines is 1. The third-order valence-corrected chi connectivity index (χ3v) is 6.53. The summed E-state index contributed by atoms with van der Waals surface area (Å²) in [6.07, 6.45) is 0.840. The molecule has 2 aromatic carbocycles. The molecule has 2 aliphatic heterocycles. The van der Waals surface area contributed by atoms with Gasteiger partial charge in [-0.2, -0.15) is 0 Å². The van der Waals surface area contributed by atoms with E-state index in [9.17, 15) is 12.8 Å². The van der Waals surface area contributed by atoms with Crippen molar-refractivity contribution in [1.82, 2.24) is 9.62 Å². The highest BCUT2D eigenvalue weighted by Crippen LogP contribution is 2.22. The first-order valence-electron chi connectivity index (χ1n) is 9.43. The number of hydrogen-bond donors (Lipinski definition) is 1. The third-order valence-electron chi connectivity index (χ3n) is 5.13. The first-order chi connectivity index (χ1) is 13.5. The number of halogens is 1. The minimum atomic E-state index is -3.48. The van der Waals surface area contributed by atoms with E-state index in [0.29, 0.717) is 23.6 Å². The molecule has 0 saturated carbocycles. The van der Waals surface area contributed by atoms with Crippen LogP contribution in [-0.2, 0) is 10.0 Å². The standard InChI is InChI=1S/C20H23FN4O2S/c21-17-7-2-3-8-18(17)25-14-12-24(13-15-25)11-5-10-22-20-16-6-1-4-9-19(16)28(26,27)23-20/h1-4,6-9H,5,10-15H2,(H,22,23). The molecule has 4 rings (SSSR count). The smallest absolute Gasteiger partial charge is 0.263 e. The lowest BCUT2D eigenvalue weighted by atomic mass is 10.2. The second kappa shape index (κ2) is 7.89. The Balaban J connectivity index is 1.27. The number of para-hydroxylation sites is 1. The lowest BCUT2D eigenvalue weighted by Gasteiger charge is -2.36. The van der Waals surface area contributed by atoms with E-state index in [1.165, 1.54) is 6.07 Å². The fraction of sp³-hybridized carbons (Fsp3) is 0.350. The van der Waals surface area contributed by atoms with Gasteiger partial charge < -0.3 is 4.90 Å². The lowest BCUT2D eigenvalue weighted by molar-refractivity contribution is 0.256. The summed E-state index contributed by atoms with van der Waals surface area (Å²) in [5.74, 6) is 0.256. The summed E-state index contributed by atoms with van der Waals surface area (Å²) >= 11 is 0. The molecule has 2 heterocycles. The number of amidine groups is 1. The highest BCUT2D eigenvalue weighted by Gasteiger charge is 2.29. The van der Waals surface area contributed by atoms with E-state index in [4.69, 9.17) is 0 Å². The summed E-state index contributed by atoms with van der Waals surface area (Å²) in [4.78, 5) is 9.17. The number of sulfonamides is 1. The average Bonchev–Trinajstić information content (AvgIpc) is 2.97. The molecule has 0 unspecified atom stereocenters. The maximum Gasteiger partial charge on any atom is 0.263 e. The molecule has 1 N–H and O–H groups in total. The highest BCUT2D eigenvalue weighted by molar-refractivity contribution is 7.90. The lowest BCUT2D eigenvalue weighted by Crippen LogP contribution is -2.47. The topological polar surface area (TPSA) is 65.0 Å². The minimum absolute atomic E-state index is 0.175. The molecule has 0 radical (unpaired) electrons. The van der Waals surface area contributed by atoms with Gasteiger partial charge >= 0.3 is 0 Å². The van der Waals surface area contributed by atoms with Gasteiger partial charge in [0.25, 0.3) is 10.0 Å². The second-order valence-electron chi connectivity index (χ2n) is 6.97. The Kier molecular flexibility index (Phi) is 5.32. The van der Waals surface area contributed by atoms with Gasteiger partial charge in [0.2, 0.25) is 0 Å². The van der Waals surface area contributed by atoms with Gasteiger partial charge in [0.15, 0.2) is 0 Å². The van der Waals surface area contributed by atoms with Crippen LogP contribution in [0.1, 0.15) is 12.0 Å². The van der Waals surface area contributed by atoms with Crippen molar-refractivity contribution < 1.29 is 12.8 Å². The van der Waals surface area contributed by atoms with Gasteiger partial charge in [0, 0.05) is 44.8 Å². The van der Waals surface area contributed by atoms with Crippen LogP contribution < -0.4 is 9.62 Å². The van der Waals surface area contributed by atoms with E-state index in [-0.39, 0.29) is 10.7 Å². The van der Waals surface area contributed by atoms with Crippen LogP contribution in [0.5, 0.6) is 0 Å². The number of benzene rings is 2. The SMILES string of the molecule is O=S1(=O)NC(=NCCCN2CCN(c3ccccc3F)CC2)c2ccccc21. The Morgan fingerprint density at radius 1 is 1.00 bits per heavy atom. The Hall–Kier alpha value is -2.45. The fourth-order valence-corrected chi connectivity index (χ4v) is 4.91. The van der Waals surface area contributed by atoms with Crippen LogP contribution in [0, 0.1) is 5.82 Å². The van der Waals surface area contributed by atoms with Gasteiger partial charge in [0.05, 0.1) is 10.6 Å². The quantitative estimate of drug-likeness (QED) is 0.778. The summed E-state index contributed by atoms with van der Waals surface area (Å²) in [5, 5.41) is 0. The Morgan fingerprint density at radius 3 is 2.50 bits per heavy atom. The van der Waals surface area contributed by atoms with Crippen LogP contribution >= 0.6 is 0 Å². The van der Waals surface area contributed by atoms with E-state index in [0.717, 1.165) is 39.1 Å². The average molecular weight is 402 g/mol. The van der Waals surface area contributed by atoms with E-state index in [2.05, 4.69) is 19.5 Å². The minimum Gasteiger partial charge on any atom is -0.367 e. The molecule has 0 spiro atoms. The molecule has 28 heavy (non-hydrogen) atoms. The molecule has 1 saturated heterocycles. The van der Waals surface area contributed by atoms with Crippen molar-refractivity contribution in [2.45, 2.75) is 11.3 Å². The number of fused-ring (bicyclic) bond motifs is 1. The van der Waals surface area contributed by atoms with Crippen molar-refractivity contribution in [1.29, 1.82) is 0 Å². The highest BCUT2D eigenvalue weighted by atomic mass is 32.2. The molecule has 0 atom stereocenters. The summed E-state index contributed by atoms with van der Waals surface area (Å²) in [5.41, 5.74) is 1.31. The van der Waals surface area contributed by atoms with E-state index in [1.807, 2.05) is 18.2 Å². The zero-order valence-corrected chi connectivity index (χ0v) is 16.3. The Morgan fingerprint density at radius 2 is 1.71 bits per heavy atom. The van der Waals surface area contributed by atoms with Crippen molar-refractivity contribution in [3.8, 4) is 0 Å². The van der Waals surface area contributed by atoms with E-state index >= 15 is 0 Å². The number of aliphatic imine (C=N–C) groups is 1. The van der Waals surface area contributed by atoms with Crippen LogP contribution in [0.3, 0.4) is 0 Å².